The van der Waals surface area contributed by atoms with Crippen molar-refractivity contribution >= 4 is 9.84 Å². The van der Waals surface area contributed by atoms with Crippen LogP contribution in [0.15, 0.2) is 29.2 Å². The largest absolute Gasteiger partial charge is 0.490 e. The first-order valence-electron chi connectivity index (χ1n) is 6.03. The monoisotopic (exact) mass is 271 g/mol. The van der Waals surface area contributed by atoms with Gasteiger partial charge in [0.05, 0.1) is 0 Å². The summed E-state index contributed by atoms with van der Waals surface area (Å²) < 4.78 is 28.8. The SMILES string of the molecule is CCC(N)(CC)COc1ccccc1S(C)(=O)=O. The van der Waals surface area contributed by atoms with Crippen molar-refractivity contribution < 1.29 is 13.2 Å². The topological polar surface area (TPSA) is 69.4 Å². The number of nitrogens with two attached hydrogens (primary N) is 1. The minimum Gasteiger partial charge on any atom is -0.490 e. The van der Waals surface area contributed by atoms with Gasteiger partial charge in [0, 0.05) is 11.8 Å². The summed E-state index contributed by atoms with van der Waals surface area (Å²) in [4.78, 5) is 0.208. The maximum Gasteiger partial charge on any atom is 0.179 e. The van der Waals surface area contributed by atoms with Crippen LogP contribution in [0.1, 0.15) is 26.7 Å². The molecule has 0 fully saturated rings. The van der Waals surface area contributed by atoms with Gasteiger partial charge in [-0.3, -0.25) is 0 Å². The second kappa shape index (κ2) is 5.71. The Morgan fingerprint density at radius 2 is 1.78 bits per heavy atom. The minimum absolute atomic E-state index is 0.208. The van der Waals surface area contributed by atoms with Crippen LogP contribution in [0.4, 0.5) is 0 Å². The predicted molar refractivity (Wildman–Crippen MR) is 72.5 cm³/mol. The molecule has 0 bridgehead atoms. The molecular formula is C13H21NO3S. The summed E-state index contributed by atoms with van der Waals surface area (Å²) in [6, 6.07) is 6.63. The van der Waals surface area contributed by atoms with Gasteiger partial charge in [0.25, 0.3) is 0 Å². The number of para-hydroxylation sites is 1. The average Bonchev–Trinajstić information content (AvgIpc) is 2.35. The number of hydrogen-bond donors (Lipinski definition) is 1. The summed E-state index contributed by atoms with van der Waals surface area (Å²) in [5.74, 6) is 0.372. The van der Waals surface area contributed by atoms with E-state index in [9.17, 15) is 8.42 Å². The smallest absolute Gasteiger partial charge is 0.179 e. The molecule has 0 radical (unpaired) electrons. The van der Waals surface area contributed by atoms with E-state index in [-0.39, 0.29) is 4.90 Å². The lowest BCUT2D eigenvalue weighted by Gasteiger charge is -2.26. The molecule has 18 heavy (non-hydrogen) atoms. The highest BCUT2D eigenvalue weighted by atomic mass is 32.2. The van der Waals surface area contributed by atoms with Gasteiger partial charge in [-0.25, -0.2) is 8.42 Å². The lowest BCUT2D eigenvalue weighted by Crippen LogP contribution is -2.44. The van der Waals surface area contributed by atoms with Crippen molar-refractivity contribution in [3.05, 3.63) is 24.3 Å². The summed E-state index contributed by atoms with van der Waals surface area (Å²) in [5.41, 5.74) is 5.72. The molecule has 0 unspecified atom stereocenters. The highest BCUT2D eigenvalue weighted by Gasteiger charge is 2.22. The van der Waals surface area contributed by atoms with Crippen LogP contribution in [0.2, 0.25) is 0 Å². The van der Waals surface area contributed by atoms with Gasteiger partial charge in [-0.1, -0.05) is 26.0 Å². The summed E-state index contributed by atoms with van der Waals surface area (Å²) in [6.07, 6.45) is 2.74. The van der Waals surface area contributed by atoms with Crippen molar-refractivity contribution in [1.29, 1.82) is 0 Å². The van der Waals surface area contributed by atoms with Gasteiger partial charge in [0.15, 0.2) is 9.84 Å². The predicted octanol–water partition coefficient (Wildman–Crippen LogP) is 1.99. The molecule has 2 N–H and O–H groups in total. The van der Waals surface area contributed by atoms with Crippen LogP contribution in [0.25, 0.3) is 0 Å². The second-order valence-electron chi connectivity index (χ2n) is 4.58. The van der Waals surface area contributed by atoms with E-state index in [0.717, 1.165) is 12.8 Å². The van der Waals surface area contributed by atoms with Gasteiger partial charge in [-0.15, -0.1) is 0 Å². The lowest BCUT2D eigenvalue weighted by molar-refractivity contribution is 0.203. The van der Waals surface area contributed by atoms with Crippen LogP contribution in [-0.4, -0.2) is 26.8 Å². The minimum atomic E-state index is -3.28. The van der Waals surface area contributed by atoms with Crippen molar-refractivity contribution in [2.24, 2.45) is 5.73 Å². The molecule has 0 aliphatic carbocycles. The Kier molecular flexibility index (Phi) is 4.76. The van der Waals surface area contributed by atoms with E-state index in [1.54, 1.807) is 24.3 Å². The van der Waals surface area contributed by atoms with E-state index in [1.165, 1.54) is 6.26 Å². The van der Waals surface area contributed by atoms with Gasteiger partial charge in [-0.2, -0.15) is 0 Å². The Balaban J connectivity index is 2.93. The Hall–Kier alpha value is -1.07. The van der Waals surface area contributed by atoms with Gasteiger partial charge in [-0.05, 0) is 25.0 Å². The molecule has 0 saturated heterocycles. The van der Waals surface area contributed by atoms with Crippen molar-refractivity contribution in [1.82, 2.24) is 0 Å². The quantitative estimate of drug-likeness (QED) is 0.859. The molecule has 1 aromatic carbocycles. The molecule has 0 aliphatic rings. The van der Waals surface area contributed by atoms with E-state index in [0.29, 0.717) is 12.4 Å². The van der Waals surface area contributed by atoms with Crippen molar-refractivity contribution in [2.75, 3.05) is 12.9 Å². The fourth-order valence-electron chi connectivity index (χ4n) is 1.55. The molecular weight excluding hydrogens is 250 g/mol. The first-order chi connectivity index (χ1) is 8.32. The fourth-order valence-corrected chi connectivity index (χ4v) is 2.37. The molecule has 0 aromatic heterocycles. The molecule has 0 amide bonds. The highest BCUT2D eigenvalue weighted by molar-refractivity contribution is 7.90. The molecule has 102 valence electrons. The fraction of sp³-hybridized carbons (Fsp3) is 0.538. The third-order valence-corrected chi connectivity index (χ3v) is 4.31. The van der Waals surface area contributed by atoms with Gasteiger partial charge in [0.2, 0.25) is 0 Å². The zero-order valence-corrected chi connectivity index (χ0v) is 12.0. The number of ether oxygens (including phenoxy) is 1. The normalized spacial score (nSPS) is 12.4. The maximum atomic E-state index is 11.6. The first-order valence-corrected chi connectivity index (χ1v) is 7.92. The van der Waals surface area contributed by atoms with Gasteiger partial charge in [0.1, 0.15) is 17.3 Å². The van der Waals surface area contributed by atoms with E-state index >= 15 is 0 Å². The van der Waals surface area contributed by atoms with E-state index in [4.69, 9.17) is 10.5 Å². The molecule has 4 nitrogen and oxygen atoms in total. The summed E-state index contributed by atoms with van der Waals surface area (Å²) in [7, 11) is -3.28. The third kappa shape index (κ3) is 3.71. The zero-order valence-electron chi connectivity index (χ0n) is 11.1. The molecule has 0 spiro atoms. The molecule has 0 atom stereocenters. The third-order valence-electron chi connectivity index (χ3n) is 3.17. The van der Waals surface area contributed by atoms with Crippen molar-refractivity contribution in [3.8, 4) is 5.75 Å². The standard InChI is InChI=1S/C13H21NO3S/c1-4-13(14,5-2)10-17-11-8-6-7-9-12(11)18(3,15)16/h6-9H,4-5,10,14H2,1-3H3. The van der Waals surface area contributed by atoms with Crippen LogP contribution in [0.5, 0.6) is 5.75 Å². The summed E-state index contributed by atoms with van der Waals surface area (Å²) >= 11 is 0. The number of sulfone groups is 1. The van der Waals surface area contributed by atoms with Crippen LogP contribution in [0.3, 0.4) is 0 Å². The Morgan fingerprint density at radius 3 is 2.28 bits per heavy atom. The van der Waals surface area contributed by atoms with E-state index in [1.807, 2.05) is 13.8 Å². The van der Waals surface area contributed by atoms with Crippen molar-refractivity contribution in [2.45, 2.75) is 37.1 Å². The summed E-state index contributed by atoms with van der Waals surface area (Å²) in [6.45, 7) is 4.30. The van der Waals surface area contributed by atoms with Crippen LogP contribution in [0, 0.1) is 0 Å². The highest BCUT2D eigenvalue weighted by Crippen LogP contribution is 2.24. The molecule has 0 heterocycles. The Labute approximate surface area is 109 Å². The molecule has 0 saturated carbocycles. The lowest BCUT2D eigenvalue weighted by atomic mass is 9.96. The first kappa shape index (κ1) is 15.0. The van der Waals surface area contributed by atoms with Gasteiger partial charge >= 0.3 is 0 Å². The van der Waals surface area contributed by atoms with Crippen LogP contribution >= 0.6 is 0 Å². The maximum absolute atomic E-state index is 11.6. The number of rotatable bonds is 6. The van der Waals surface area contributed by atoms with Crippen LogP contribution in [-0.2, 0) is 9.84 Å². The van der Waals surface area contributed by atoms with E-state index in [2.05, 4.69) is 0 Å². The molecule has 5 heteroatoms. The Bertz CT molecular complexity index is 493. The second-order valence-corrected chi connectivity index (χ2v) is 6.56. The molecule has 1 rings (SSSR count). The average molecular weight is 271 g/mol. The number of benzene rings is 1. The zero-order chi connectivity index (χ0) is 13.8. The van der Waals surface area contributed by atoms with Crippen molar-refractivity contribution in [3.63, 3.8) is 0 Å². The Morgan fingerprint density at radius 1 is 1.22 bits per heavy atom. The molecule has 0 aliphatic heterocycles. The van der Waals surface area contributed by atoms with Crippen LogP contribution < -0.4 is 10.5 Å². The van der Waals surface area contributed by atoms with E-state index < -0.39 is 15.4 Å². The van der Waals surface area contributed by atoms with Gasteiger partial charge < -0.3 is 10.5 Å². The number of hydrogen-bond acceptors (Lipinski definition) is 4. The summed E-state index contributed by atoms with van der Waals surface area (Å²) in [5, 5.41) is 0. The molecule has 1 aromatic rings.